The van der Waals surface area contributed by atoms with E-state index in [9.17, 15) is 4.79 Å². The SMILES string of the molecule is CCOC(=O)CC(=S)NCCN1CCOCC1. The highest BCUT2D eigenvalue weighted by molar-refractivity contribution is 7.80. The van der Waals surface area contributed by atoms with E-state index in [1.165, 1.54) is 0 Å². The number of ether oxygens (including phenoxy) is 2. The standard InChI is InChI=1S/C11H20N2O3S/c1-2-16-11(14)9-10(17)12-3-4-13-5-7-15-8-6-13/h2-9H2,1H3,(H,12,17). The fourth-order valence-electron chi connectivity index (χ4n) is 1.58. The normalized spacial score (nSPS) is 16.5. The van der Waals surface area contributed by atoms with E-state index in [2.05, 4.69) is 10.2 Å². The van der Waals surface area contributed by atoms with E-state index >= 15 is 0 Å². The van der Waals surface area contributed by atoms with Crippen LogP contribution in [0.2, 0.25) is 0 Å². The summed E-state index contributed by atoms with van der Waals surface area (Å²) < 4.78 is 10.1. The molecule has 0 spiro atoms. The molecule has 0 aromatic heterocycles. The number of thiocarbonyl (C=S) groups is 1. The summed E-state index contributed by atoms with van der Waals surface area (Å²) in [6, 6.07) is 0. The molecule has 1 aliphatic rings. The first-order valence-electron chi connectivity index (χ1n) is 5.94. The second kappa shape index (κ2) is 8.38. The lowest BCUT2D eigenvalue weighted by atomic mass is 10.4. The number of nitrogens with one attached hydrogen (secondary N) is 1. The zero-order valence-corrected chi connectivity index (χ0v) is 11.1. The summed E-state index contributed by atoms with van der Waals surface area (Å²) in [6.45, 7) is 7.39. The average molecular weight is 260 g/mol. The maximum absolute atomic E-state index is 11.1. The monoisotopic (exact) mass is 260 g/mol. The van der Waals surface area contributed by atoms with E-state index < -0.39 is 0 Å². The summed E-state index contributed by atoms with van der Waals surface area (Å²) in [6.07, 6.45) is 0.173. The second-order valence-corrected chi connectivity index (χ2v) is 4.28. The molecule has 17 heavy (non-hydrogen) atoms. The molecule has 0 aliphatic carbocycles. The Bertz CT molecular complexity index is 255. The molecule has 1 saturated heterocycles. The average Bonchev–Trinajstić information content (AvgIpc) is 2.30. The number of hydrogen-bond donors (Lipinski definition) is 1. The zero-order chi connectivity index (χ0) is 12.5. The highest BCUT2D eigenvalue weighted by Gasteiger charge is 2.10. The van der Waals surface area contributed by atoms with Crippen molar-refractivity contribution in [3.8, 4) is 0 Å². The molecule has 0 aromatic carbocycles. The fraction of sp³-hybridized carbons (Fsp3) is 0.818. The first-order valence-corrected chi connectivity index (χ1v) is 6.35. The van der Waals surface area contributed by atoms with E-state index in [-0.39, 0.29) is 12.4 Å². The number of esters is 1. The van der Waals surface area contributed by atoms with Gasteiger partial charge in [0, 0.05) is 26.2 Å². The summed E-state index contributed by atoms with van der Waals surface area (Å²) in [4.78, 5) is 14.0. The molecule has 0 bridgehead atoms. The van der Waals surface area contributed by atoms with Crippen LogP contribution in [-0.2, 0) is 14.3 Å². The topological polar surface area (TPSA) is 50.8 Å². The lowest BCUT2D eigenvalue weighted by molar-refractivity contribution is -0.141. The molecule has 1 aliphatic heterocycles. The van der Waals surface area contributed by atoms with Crippen LogP contribution in [-0.4, -0.2) is 61.9 Å². The summed E-state index contributed by atoms with van der Waals surface area (Å²) in [5, 5.41) is 3.07. The van der Waals surface area contributed by atoms with Crippen LogP contribution in [0.5, 0.6) is 0 Å². The Morgan fingerprint density at radius 3 is 2.82 bits per heavy atom. The van der Waals surface area contributed by atoms with Crippen molar-refractivity contribution < 1.29 is 14.3 Å². The van der Waals surface area contributed by atoms with Crippen molar-refractivity contribution in [2.24, 2.45) is 0 Å². The molecule has 0 unspecified atom stereocenters. The minimum absolute atomic E-state index is 0.173. The second-order valence-electron chi connectivity index (χ2n) is 3.79. The van der Waals surface area contributed by atoms with Gasteiger partial charge in [0.2, 0.25) is 0 Å². The Balaban J connectivity index is 2.05. The molecule has 1 rings (SSSR count). The quantitative estimate of drug-likeness (QED) is 0.543. The number of carbonyl (C=O) groups is 1. The minimum atomic E-state index is -0.267. The van der Waals surface area contributed by atoms with E-state index in [0.29, 0.717) is 11.6 Å². The van der Waals surface area contributed by atoms with Crippen LogP contribution >= 0.6 is 12.2 Å². The number of nitrogens with zero attached hydrogens (tertiary/aromatic N) is 1. The van der Waals surface area contributed by atoms with E-state index in [0.717, 1.165) is 39.4 Å². The molecule has 98 valence electrons. The first kappa shape index (κ1) is 14.3. The minimum Gasteiger partial charge on any atom is -0.466 e. The molecule has 6 heteroatoms. The van der Waals surface area contributed by atoms with Crippen LogP contribution in [0, 0.1) is 0 Å². The predicted molar refractivity (Wildman–Crippen MR) is 69.1 cm³/mol. The maximum Gasteiger partial charge on any atom is 0.312 e. The van der Waals surface area contributed by atoms with E-state index in [1.807, 2.05) is 0 Å². The molecule has 0 aromatic rings. The summed E-state index contributed by atoms with van der Waals surface area (Å²) in [7, 11) is 0. The zero-order valence-electron chi connectivity index (χ0n) is 10.2. The molecule has 0 saturated carbocycles. The van der Waals surface area contributed by atoms with Crippen molar-refractivity contribution in [3.05, 3.63) is 0 Å². The molecule has 1 heterocycles. The van der Waals surface area contributed by atoms with Crippen molar-refractivity contribution in [1.29, 1.82) is 0 Å². The van der Waals surface area contributed by atoms with Crippen LogP contribution in [0.25, 0.3) is 0 Å². The summed E-state index contributed by atoms with van der Waals surface area (Å²) in [5.74, 6) is -0.267. The van der Waals surface area contributed by atoms with Gasteiger partial charge < -0.3 is 14.8 Å². The van der Waals surface area contributed by atoms with Crippen molar-refractivity contribution >= 4 is 23.2 Å². The molecule has 5 nitrogen and oxygen atoms in total. The first-order chi connectivity index (χ1) is 8.22. The Kier molecular flexibility index (Phi) is 7.07. The number of hydrogen-bond acceptors (Lipinski definition) is 5. The van der Waals surface area contributed by atoms with Gasteiger partial charge in [0.05, 0.1) is 31.2 Å². The third-order valence-corrected chi connectivity index (χ3v) is 2.75. The van der Waals surface area contributed by atoms with Crippen molar-refractivity contribution in [3.63, 3.8) is 0 Å². The third kappa shape index (κ3) is 6.55. The van der Waals surface area contributed by atoms with Crippen LogP contribution < -0.4 is 5.32 Å². The number of morpholine rings is 1. The van der Waals surface area contributed by atoms with Gasteiger partial charge in [-0.15, -0.1) is 0 Å². The molecule has 1 fully saturated rings. The predicted octanol–water partition coefficient (Wildman–Crippen LogP) is 0.189. The van der Waals surface area contributed by atoms with Gasteiger partial charge in [0.25, 0.3) is 0 Å². The highest BCUT2D eigenvalue weighted by atomic mass is 32.1. The van der Waals surface area contributed by atoms with E-state index in [1.54, 1.807) is 6.92 Å². The van der Waals surface area contributed by atoms with Crippen molar-refractivity contribution in [1.82, 2.24) is 10.2 Å². The Hall–Kier alpha value is -0.720. The highest BCUT2D eigenvalue weighted by Crippen LogP contribution is 1.95. The van der Waals surface area contributed by atoms with Gasteiger partial charge in [0.15, 0.2) is 0 Å². The Morgan fingerprint density at radius 1 is 1.47 bits per heavy atom. The van der Waals surface area contributed by atoms with Crippen LogP contribution in [0.4, 0.5) is 0 Å². The van der Waals surface area contributed by atoms with Gasteiger partial charge in [-0.05, 0) is 6.92 Å². The number of rotatable bonds is 6. The molecule has 1 N–H and O–H groups in total. The largest absolute Gasteiger partial charge is 0.466 e. The maximum atomic E-state index is 11.1. The van der Waals surface area contributed by atoms with Gasteiger partial charge in [-0.1, -0.05) is 12.2 Å². The number of carbonyl (C=O) groups excluding carboxylic acids is 1. The van der Waals surface area contributed by atoms with Gasteiger partial charge in [-0.25, -0.2) is 0 Å². The van der Waals surface area contributed by atoms with Crippen LogP contribution in [0.3, 0.4) is 0 Å². The summed E-state index contributed by atoms with van der Waals surface area (Å²) >= 11 is 5.06. The van der Waals surface area contributed by atoms with Crippen LogP contribution in [0.1, 0.15) is 13.3 Å². The van der Waals surface area contributed by atoms with Crippen molar-refractivity contribution in [2.45, 2.75) is 13.3 Å². The molecular weight excluding hydrogens is 240 g/mol. The lowest BCUT2D eigenvalue weighted by Crippen LogP contribution is -2.41. The third-order valence-electron chi connectivity index (χ3n) is 2.46. The molecule has 0 atom stereocenters. The Labute approximate surface area is 107 Å². The Morgan fingerprint density at radius 2 is 2.18 bits per heavy atom. The van der Waals surface area contributed by atoms with Crippen molar-refractivity contribution in [2.75, 3.05) is 46.0 Å². The van der Waals surface area contributed by atoms with E-state index in [4.69, 9.17) is 21.7 Å². The fourth-order valence-corrected chi connectivity index (χ4v) is 1.80. The molecule has 0 radical (unpaired) electrons. The van der Waals surface area contributed by atoms with Gasteiger partial charge in [0.1, 0.15) is 0 Å². The smallest absolute Gasteiger partial charge is 0.312 e. The van der Waals surface area contributed by atoms with Gasteiger partial charge in [-0.2, -0.15) is 0 Å². The van der Waals surface area contributed by atoms with Gasteiger partial charge in [-0.3, -0.25) is 9.69 Å². The summed E-state index contributed by atoms with van der Waals surface area (Å²) in [5.41, 5.74) is 0. The lowest BCUT2D eigenvalue weighted by Gasteiger charge is -2.26. The molecular formula is C11H20N2O3S. The van der Waals surface area contributed by atoms with Crippen LogP contribution in [0.15, 0.2) is 0 Å². The molecule has 0 amide bonds. The van der Waals surface area contributed by atoms with Gasteiger partial charge >= 0.3 is 5.97 Å².